The van der Waals surface area contributed by atoms with Gasteiger partial charge in [-0.3, -0.25) is 0 Å². The maximum absolute atomic E-state index is 14.5. The Kier molecular flexibility index (Phi) is 6.19. The molecule has 0 amide bonds. The van der Waals surface area contributed by atoms with Gasteiger partial charge in [-0.05, 0) is 50.4 Å². The molecular weight excluding hydrogens is 285 g/mol. The number of esters is 1. The summed E-state index contributed by atoms with van der Waals surface area (Å²) in [5, 5.41) is 3.31. The van der Waals surface area contributed by atoms with Gasteiger partial charge in [0.15, 0.2) is 0 Å². The number of nitrogens with one attached hydrogen (secondary N) is 1. The van der Waals surface area contributed by atoms with Gasteiger partial charge in [-0.2, -0.15) is 0 Å². The van der Waals surface area contributed by atoms with E-state index >= 15 is 0 Å². The first-order valence-corrected chi connectivity index (χ1v) is 7.90. The van der Waals surface area contributed by atoms with Crippen molar-refractivity contribution in [3.8, 4) is 5.75 Å². The van der Waals surface area contributed by atoms with Crippen molar-refractivity contribution in [3.05, 3.63) is 29.1 Å². The molecule has 4 nitrogen and oxygen atoms in total. The summed E-state index contributed by atoms with van der Waals surface area (Å²) < 4.78 is 25.0. The number of benzene rings is 1. The van der Waals surface area contributed by atoms with Crippen molar-refractivity contribution < 1.29 is 18.7 Å². The average Bonchev–Trinajstić information content (AvgIpc) is 2.56. The standard InChI is InChI=1S/C17H24FNO3/c1-3-4-13-15(22-11-12-7-9-19-10-8-12)6-5-14(16(13)18)17(20)21-2/h5-6,12,19H,3-4,7-11H2,1-2H3. The summed E-state index contributed by atoms with van der Waals surface area (Å²) in [6.07, 6.45) is 3.47. The summed E-state index contributed by atoms with van der Waals surface area (Å²) in [6, 6.07) is 3.12. The highest BCUT2D eigenvalue weighted by atomic mass is 19.1. The fraction of sp³-hybridized carbons (Fsp3) is 0.588. The number of piperidine rings is 1. The van der Waals surface area contributed by atoms with E-state index in [2.05, 4.69) is 10.1 Å². The third-order valence-corrected chi connectivity index (χ3v) is 4.04. The van der Waals surface area contributed by atoms with Gasteiger partial charge in [0.25, 0.3) is 0 Å². The molecule has 0 saturated carbocycles. The van der Waals surface area contributed by atoms with Crippen LogP contribution in [0.2, 0.25) is 0 Å². The Labute approximate surface area is 131 Å². The van der Waals surface area contributed by atoms with E-state index in [1.54, 1.807) is 6.07 Å². The van der Waals surface area contributed by atoms with Crippen molar-refractivity contribution in [3.63, 3.8) is 0 Å². The second kappa shape index (κ2) is 8.13. The van der Waals surface area contributed by atoms with Crippen molar-refractivity contribution in [2.75, 3.05) is 26.8 Å². The van der Waals surface area contributed by atoms with Crippen LogP contribution in [0.3, 0.4) is 0 Å². The minimum atomic E-state index is -0.653. The summed E-state index contributed by atoms with van der Waals surface area (Å²) in [6.45, 7) is 4.58. The van der Waals surface area contributed by atoms with Crippen LogP contribution in [0.4, 0.5) is 4.39 Å². The number of hydrogen-bond donors (Lipinski definition) is 1. The Morgan fingerprint density at radius 2 is 2.09 bits per heavy atom. The molecule has 0 bridgehead atoms. The lowest BCUT2D eigenvalue weighted by molar-refractivity contribution is 0.0595. The second-order valence-corrected chi connectivity index (χ2v) is 5.65. The molecule has 2 rings (SSSR count). The molecular formula is C17H24FNO3. The highest BCUT2D eigenvalue weighted by Gasteiger charge is 2.20. The Morgan fingerprint density at radius 3 is 2.73 bits per heavy atom. The fourth-order valence-electron chi connectivity index (χ4n) is 2.75. The maximum atomic E-state index is 14.5. The molecule has 0 spiro atoms. The predicted octanol–water partition coefficient (Wildman–Crippen LogP) is 2.94. The van der Waals surface area contributed by atoms with E-state index in [1.165, 1.54) is 13.2 Å². The number of rotatable bonds is 6. The summed E-state index contributed by atoms with van der Waals surface area (Å²) in [5.41, 5.74) is 0.444. The molecule has 1 saturated heterocycles. The molecule has 0 atom stereocenters. The van der Waals surface area contributed by atoms with Crippen LogP contribution in [0.1, 0.15) is 42.1 Å². The number of carbonyl (C=O) groups excluding carboxylic acids is 1. The second-order valence-electron chi connectivity index (χ2n) is 5.65. The monoisotopic (exact) mass is 309 g/mol. The number of carbonyl (C=O) groups is 1. The van der Waals surface area contributed by atoms with Crippen LogP contribution in [0.5, 0.6) is 5.75 Å². The highest BCUT2D eigenvalue weighted by Crippen LogP contribution is 2.27. The van der Waals surface area contributed by atoms with Crippen LogP contribution >= 0.6 is 0 Å². The van der Waals surface area contributed by atoms with Gasteiger partial charge < -0.3 is 14.8 Å². The molecule has 0 radical (unpaired) electrons. The maximum Gasteiger partial charge on any atom is 0.340 e. The minimum Gasteiger partial charge on any atom is -0.493 e. The van der Waals surface area contributed by atoms with Gasteiger partial charge >= 0.3 is 5.97 Å². The summed E-state index contributed by atoms with van der Waals surface area (Å²) in [7, 11) is 1.25. The van der Waals surface area contributed by atoms with E-state index in [1.807, 2.05) is 6.92 Å². The van der Waals surface area contributed by atoms with Crippen LogP contribution in [-0.4, -0.2) is 32.8 Å². The first kappa shape index (κ1) is 16.7. The lowest BCUT2D eigenvalue weighted by Gasteiger charge is -2.23. The molecule has 0 unspecified atom stereocenters. The SMILES string of the molecule is CCCc1c(OCC2CCNCC2)ccc(C(=O)OC)c1F. The van der Waals surface area contributed by atoms with Crippen molar-refractivity contribution in [1.29, 1.82) is 0 Å². The van der Waals surface area contributed by atoms with E-state index in [-0.39, 0.29) is 5.56 Å². The van der Waals surface area contributed by atoms with Crippen molar-refractivity contribution in [2.45, 2.75) is 32.6 Å². The van der Waals surface area contributed by atoms with Gasteiger partial charge in [0.1, 0.15) is 11.6 Å². The lowest BCUT2D eigenvalue weighted by Crippen LogP contribution is -2.30. The molecule has 1 aliphatic rings. The quantitative estimate of drug-likeness (QED) is 0.821. The summed E-state index contributed by atoms with van der Waals surface area (Å²) in [4.78, 5) is 11.6. The molecule has 0 aliphatic carbocycles. The third-order valence-electron chi connectivity index (χ3n) is 4.04. The molecule has 122 valence electrons. The van der Waals surface area contributed by atoms with E-state index in [9.17, 15) is 9.18 Å². The molecule has 1 aliphatic heterocycles. The van der Waals surface area contributed by atoms with Crippen molar-refractivity contribution >= 4 is 5.97 Å². The van der Waals surface area contributed by atoms with E-state index < -0.39 is 11.8 Å². The first-order chi connectivity index (χ1) is 10.7. The zero-order chi connectivity index (χ0) is 15.9. The van der Waals surface area contributed by atoms with Crippen LogP contribution in [-0.2, 0) is 11.2 Å². The van der Waals surface area contributed by atoms with E-state index in [4.69, 9.17) is 4.74 Å². The average molecular weight is 309 g/mol. The van der Waals surface area contributed by atoms with Crippen molar-refractivity contribution in [2.24, 2.45) is 5.92 Å². The number of hydrogen-bond acceptors (Lipinski definition) is 4. The zero-order valence-corrected chi connectivity index (χ0v) is 13.3. The van der Waals surface area contributed by atoms with Gasteiger partial charge in [-0.1, -0.05) is 13.3 Å². The molecule has 0 aromatic heterocycles. The molecule has 1 fully saturated rings. The van der Waals surface area contributed by atoms with Crippen LogP contribution < -0.4 is 10.1 Å². The van der Waals surface area contributed by atoms with Gasteiger partial charge in [0, 0.05) is 5.56 Å². The third kappa shape index (κ3) is 3.97. The summed E-state index contributed by atoms with van der Waals surface area (Å²) >= 11 is 0. The topological polar surface area (TPSA) is 47.6 Å². The number of halogens is 1. The smallest absolute Gasteiger partial charge is 0.340 e. The van der Waals surface area contributed by atoms with Gasteiger partial charge in [0.2, 0.25) is 0 Å². The molecule has 22 heavy (non-hydrogen) atoms. The van der Waals surface area contributed by atoms with E-state index in [0.29, 0.717) is 30.3 Å². The van der Waals surface area contributed by atoms with Crippen molar-refractivity contribution in [1.82, 2.24) is 5.32 Å². The van der Waals surface area contributed by atoms with Crippen LogP contribution in [0.15, 0.2) is 12.1 Å². The molecule has 1 aromatic rings. The fourth-order valence-corrected chi connectivity index (χ4v) is 2.75. The van der Waals surface area contributed by atoms with Gasteiger partial charge in [-0.25, -0.2) is 9.18 Å². The normalized spacial score (nSPS) is 15.6. The largest absolute Gasteiger partial charge is 0.493 e. The molecule has 1 N–H and O–H groups in total. The predicted molar refractivity (Wildman–Crippen MR) is 82.8 cm³/mol. The first-order valence-electron chi connectivity index (χ1n) is 7.90. The highest BCUT2D eigenvalue weighted by molar-refractivity contribution is 5.90. The van der Waals surface area contributed by atoms with Gasteiger partial charge in [0.05, 0.1) is 19.3 Å². The number of methoxy groups -OCH3 is 1. The van der Waals surface area contributed by atoms with Crippen LogP contribution in [0, 0.1) is 11.7 Å². The lowest BCUT2D eigenvalue weighted by atomic mass is 9.99. The Hall–Kier alpha value is -1.62. The molecule has 1 heterocycles. The van der Waals surface area contributed by atoms with Gasteiger partial charge in [-0.15, -0.1) is 0 Å². The van der Waals surface area contributed by atoms with E-state index in [0.717, 1.165) is 32.4 Å². The number of ether oxygens (including phenoxy) is 2. The Morgan fingerprint density at radius 1 is 1.36 bits per heavy atom. The molecule has 1 aromatic carbocycles. The summed E-state index contributed by atoms with van der Waals surface area (Å²) in [5.74, 6) is -0.124. The Bertz CT molecular complexity index is 513. The zero-order valence-electron chi connectivity index (χ0n) is 13.3. The molecule has 5 heteroatoms. The Balaban J connectivity index is 2.15. The van der Waals surface area contributed by atoms with Crippen LogP contribution in [0.25, 0.3) is 0 Å². The minimum absolute atomic E-state index is 0.0276.